The third-order valence-electron chi connectivity index (χ3n) is 3.50. The fourth-order valence-corrected chi connectivity index (χ4v) is 2.98. The van der Waals surface area contributed by atoms with Crippen LogP contribution >= 0.6 is 11.8 Å². The van der Waals surface area contributed by atoms with Gasteiger partial charge in [0.1, 0.15) is 6.61 Å². The predicted octanol–water partition coefficient (Wildman–Crippen LogP) is 0.750. The number of carbonyl (C=O) groups is 2. The monoisotopic (exact) mass is 308 g/mol. The number of aliphatic hydroxyl groups excluding tert-OH is 1. The smallest absolute Gasteiger partial charge is 0.248 e. The Morgan fingerprint density at radius 1 is 1.05 bits per heavy atom. The lowest BCUT2D eigenvalue weighted by Gasteiger charge is -2.34. The lowest BCUT2D eigenvalue weighted by atomic mass is 10.2. The summed E-state index contributed by atoms with van der Waals surface area (Å²) >= 11 is 1.53. The van der Waals surface area contributed by atoms with Crippen molar-refractivity contribution in [2.75, 3.05) is 38.5 Å². The number of nitrogens with zero attached hydrogens (tertiary/aromatic N) is 2. The summed E-state index contributed by atoms with van der Waals surface area (Å²) in [6.07, 6.45) is 0. The minimum Gasteiger partial charge on any atom is -0.387 e. The van der Waals surface area contributed by atoms with Crippen LogP contribution in [0.3, 0.4) is 0 Å². The Morgan fingerprint density at radius 2 is 1.57 bits per heavy atom. The first-order valence-corrected chi connectivity index (χ1v) is 7.94. The zero-order valence-electron chi connectivity index (χ0n) is 12.1. The normalized spacial score (nSPS) is 15.1. The van der Waals surface area contributed by atoms with E-state index in [0.29, 0.717) is 31.9 Å². The van der Waals surface area contributed by atoms with Crippen LogP contribution in [0.15, 0.2) is 29.2 Å². The number of thioether (sulfide) groups is 1. The van der Waals surface area contributed by atoms with Crippen LogP contribution in [-0.2, 0) is 9.59 Å². The van der Waals surface area contributed by atoms with E-state index in [-0.39, 0.29) is 11.8 Å². The highest BCUT2D eigenvalue weighted by atomic mass is 32.2. The van der Waals surface area contributed by atoms with Crippen molar-refractivity contribution in [3.05, 3.63) is 29.8 Å². The maximum atomic E-state index is 12.1. The van der Waals surface area contributed by atoms with Crippen molar-refractivity contribution in [1.82, 2.24) is 9.80 Å². The molecule has 1 N–H and O–H groups in total. The molecule has 0 unspecified atom stereocenters. The zero-order valence-corrected chi connectivity index (χ0v) is 12.9. The minimum atomic E-state index is -0.461. The Morgan fingerprint density at radius 3 is 2.10 bits per heavy atom. The van der Waals surface area contributed by atoms with Crippen molar-refractivity contribution in [3.63, 3.8) is 0 Å². The summed E-state index contributed by atoms with van der Waals surface area (Å²) in [6.45, 7) is 3.66. The molecular weight excluding hydrogens is 288 g/mol. The van der Waals surface area contributed by atoms with E-state index in [1.165, 1.54) is 17.3 Å². The van der Waals surface area contributed by atoms with E-state index < -0.39 is 6.61 Å². The van der Waals surface area contributed by atoms with Crippen LogP contribution in [0.25, 0.3) is 0 Å². The van der Waals surface area contributed by atoms with Crippen LogP contribution in [0.1, 0.15) is 5.56 Å². The summed E-state index contributed by atoms with van der Waals surface area (Å²) in [5.74, 6) is 0.240. The van der Waals surface area contributed by atoms with Crippen LogP contribution in [0.4, 0.5) is 0 Å². The average Bonchev–Trinajstić information content (AvgIpc) is 2.53. The van der Waals surface area contributed by atoms with Crippen molar-refractivity contribution in [2.24, 2.45) is 0 Å². The number of benzene rings is 1. The molecule has 1 aromatic rings. The van der Waals surface area contributed by atoms with Gasteiger partial charge >= 0.3 is 0 Å². The van der Waals surface area contributed by atoms with Gasteiger partial charge in [0.25, 0.3) is 0 Å². The van der Waals surface area contributed by atoms with Crippen LogP contribution in [0.5, 0.6) is 0 Å². The first-order chi connectivity index (χ1) is 10.1. The van der Waals surface area contributed by atoms with Crippen molar-refractivity contribution < 1.29 is 14.7 Å². The zero-order chi connectivity index (χ0) is 15.2. The fraction of sp³-hybridized carbons (Fsp3) is 0.467. The van der Waals surface area contributed by atoms with E-state index >= 15 is 0 Å². The predicted molar refractivity (Wildman–Crippen MR) is 82.1 cm³/mol. The summed E-state index contributed by atoms with van der Waals surface area (Å²) in [5, 5.41) is 8.82. The Hall–Kier alpha value is -1.53. The van der Waals surface area contributed by atoms with E-state index in [4.69, 9.17) is 5.11 Å². The number of aryl methyl sites for hydroxylation is 1. The van der Waals surface area contributed by atoms with E-state index in [0.717, 1.165) is 4.90 Å². The molecule has 0 aliphatic carbocycles. The molecule has 0 atom stereocenters. The molecular formula is C15H20N2O3S. The van der Waals surface area contributed by atoms with Crippen molar-refractivity contribution >= 4 is 23.6 Å². The van der Waals surface area contributed by atoms with Gasteiger partial charge in [-0.1, -0.05) is 17.7 Å². The van der Waals surface area contributed by atoms with Crippen molar-refractivity contribution in [3.8, 4) is 0 Å². The highest BCUT2D eigenvalue weighted by Crippen LogP contribution is 2.19. The maximum Gasteiger partial charge on any atom is 0.248 e. The van der Waals surface area contributed by atoms with Gasteiger partial charge in [0.05, 0.1) is 5.75 Å². The van der Waals surface area contributed by atoms with Crippen LogP contribution in [0.2, 0.25) is 0 Å². The highest BCUT2D eigenvalue weighted by molar-refractivity contribution is 8.00. The van der Waals surface area contributed by atoms with E-state index in [2.05, 4.69) is 0 Å². The van der Waals surface area contributed by atoms with Gasteiger partial charge in [-0.25, -0.2) is 0 Å². The lowest BCUT2D eigenvalue weighted by molar-refractivity contribution is -0.140. The second-order valence-electron chi connectivity index (χ2n) is 5.02. The number of rotatable bonds is 4. The first-order valence-electron chi connectivity index (χ1n) is 6.96. The molecule has 2 amide bonds. The number of aliphatic hydroxyl groups is 1. The second-order valence-corrected chi connectivity index (χ2v) is 6.07. The van der Waals surface area contributed by atoms with Gasteiger partial charge in [0.2, 0.25) is 11.8 Å². The van der Waals surface area contributed by atoms with Crippen molar-refractivity contribution in [2.45, 2.75) is 11.8 Å². The molecule has 0 aromatic heterocycles. The molecule has 2 rings (SSSR count). The van der Waals surface area contributed by atoms with Gasteiger partial charge in [0.15, 0.2) is 0 Å². The quantitative estimate of drug-likeness (QED) is 0.834. The molecule has 0 radical (unpaired) electrons. The second kappa shape index (κ2) is 7.47. The third-order valence-corrected chi connectivity index (χ3v) is 4.50. The molecule has 0 saturated carbocycles. The Balaban J connectivity index is 1.77. The molecule has 1 fully saturated rings. The van der Waals surface area contributed by atoms with E-state index in [1.54, 1.807) is 9.80 Å². The van der Waals surface area contributed by atoms with Gasteiger partial charge in [-0.15, -0.1) is 11.8 Å². The first kappa shape index (κ1) is 15.9. The summed E-state index contributed by atoms with van der Waals surface area (Å²) in [7, 11) is 0. The number of hydrogen-bond acceptors (Lipinski definition) is 4. The molecule has 6 heteroatoms. The maximum absolute atomic E-state index is 12.1. The standard InChI is InChI=1S/C15H20N2O3S/c1-12-2-4-13(5-3-12)21-11-15(20)17-8-6-16(7-9-17)14(19)10-18/h2-5,18H,6-11H2,1H3. The Labute approximate surface area is 128 Å². The molecule has 114 valence electrons. The van der Waals surface area contributed by atoms with Gasteiger partial charge < -0.3 is 14.9 Å². The Bertz CT molecular complexity index is 496. The number of carbonyl (C=O) groups excluding carboxylic acids is 2. The summed E-state index contributed by atoms with van der Waals surface area (Å²) in [6, 6.07) is 8.11. The topological polar surface area (TPSA) is 60.9 Å². The van der Waals surface area contributed by atoms with Crippen LogP contribution in [0, 0.1) is 6.92 Å². The van der Waals surface area contributed by atoms with Gasteiger partial charge in [-0.2, -0.15) is 0 Å². The molecule has 1 heterocycles. The molecule has 21 heavy (non-hydrogen) atoms. The van der Waals surface area contributed by atoms with Gasteiger partial charge in [-0.3, -0.25) is 9.59 Å². The minimum absolute atomic E-state index is 0.0941. The molecule has 1 aliphatic rings. The lowest BCUT2D eigenvalue weighted by Crippen LogP contribution is -2.51. The van der Waals surface area contributed by atoms with Crippen LogP contribution in [-0.4, -0.2) is 65.3 Å². The summed E-state index contributed by atoms with van der Waals surface area (Å²) in [5.41, 5.74) is 1.20. The van der Waals surface area contributed by atoms with E-state index in [9.17, 15) is 9.59 Å². The average molecular weight is 308 g/mol. The number of hydrogen-bond donors (Lipinski definition) is 1. The molecule has 5 nitrogen and oxygen atoms in total. The largest absolute Gasteiger partial charge is 0.387 e. The number of amides is 2. The van der Waals surface area contributed by atoms with Crippen molar-refractivity contribution in [1.29, 1.82) is 0 Å². The summed E-state index contributed by atoms with van der Waals surface area (Å²) in [4.78, 5) is 27.9. The fourth-order valence-electron chi connectivity index (χ4n) is 2.18. The van der Waals surface area contributed by atoms with E-state index in [1.807, 2.05) is 31.2 Å². The molecule has 1 saturated heterocycles. The third kappa shape index (κ3) is 4.47. The molecule has 1 aliphatic heterocycles. The molecule has 0 spiro atoms. The molecule has 1 aromatic carbocycles. The number of piperazine rings is 1. The van der Waals surface area contributed by atoms with Gasteiger partial charge in [0, 0.05) is 31.1 Å². The highest BCUT2D eigenvalue weighted by Gasteiger charge is 2.23. The SMILES string of the molecule is Cc1ccc(SCC(=O)N2CCN(C(=O)CO)CC2)cc1. The van der Waals surface area contributed by atoms with Crippen LogP contribution < -0.4 is 0 Å². The Kier molecular flexibility index (Phi) is 5.64. The van der Waals surface area contributed by atoms with Gasteiger partial charge in [-0.05, 0) is 19.1 Å². The summed E-state index contributed by atoms with van der Waals surface area (Å²) < 4.78 is 0. The molecule has 0 bridgehead atoms.